The molecule has 0 radical (unpaired) electrons. The van der Waals surface area contributed by atoms with Crippen molar-refractivity contribution in [3.8, 4) is 22.1 Å². The summed E-state index contributed by atoms with van der Waals surface area (Å²) in [6.45, 7) is 9.31. The van der Waals surface area contributed by atoms with Crippen molar-refractivity contribution in [2.24, 2.45) is 5.92 Å². The average Bonchev–Trinajstić information content (AvgIpc) is 3.51. The van der Waals surface area contributed by atoms with Gasteiger partial charge in [0.05, 0.1) is 47.8 Å². The number of imidazole rings is 1. The number of nitrogens with zero attached hydrogens (tertiary/aromatic N) is 3. The van der Waals surface area contributed by atoms with Gasteiger partial charge in [-0.2, -0.15) is 0 Å². The van der Waals surface area contributed by atoms with Crippen molar-refractivity contribution in [1.29, 1.82) is 0 Å². The number of hydrogen-bond donors (Lipinski definition) is 1. The van der Waals surface area contributed by atoms with Gasteiger partial charge in [-0.3, -0.25) is 14.2 Å². The van der Waals surface area contributed by atoms with E-state index in [1.807, 2.05) is 62.2 Å². The SMILES string of the molecule is COc1cc2c(cc1NC(=O)C(C)C)-n1c(-c3cccs3)nc(C(=O)N3CCOCC3(C)C)c1CC2. The highest BCUT2D eigenvalue weighted by Gasteiger charge is 2.38. The topological polar surface area (TPSA) is 85.7 Å². The summed E-state index contributed by atoms with van der Waals surface area (Å²) in [5.74, 6) is 1.04. The normalized spacial score (nSPS) is 16.4. The Hall–Kier alpha value is -3.17. The fraction of sp³-hybridized carbons (Fsp3) is 0.444. The van der Waals surface area contributed by atoms with Gasteiger partial charge in [0.1, 0.15) is 5.75 Å². The first-order valence-corrected chi connectivity index (χ1v) is 13.2. The van der Waals surface area contributed by atoms with Gasteiger partial charge in [-0.05, 0) is 55.8 Å². The van der Waals surface area contributed by atoms with Gasteiger partial charge in [0.25, 0.3) is 5.91 Å². The number of carbonyl (C=O) groups excluding carboxylic acids is 2. The first-order chi connectivity index (χ1) is 17.2. The molecular weight excluding hydrogens is 476 g/mol. The van der Waals surface area contributed by atoms with Crippen LogP contribution in [-0.2, 0) is 22.4 Å². The fourth-order valence-electron chi connectivity index (χ4n) is 4.86. The van der Waals surface area contributed by atoms with Crippen LogP contribution in [0.4, 0.5) is 5.69 Å². The molecule has 5 rings (SSSR count). The lowest BCUT2D eigenvalue weighted by molar-refractivity contribution is -0.118. The summed E-state index contributed by atoms with van der Waals surface area (Å²) in [7, 11) is 1.61. The summed E-state index contributed by atoms with van der Waals surface area (Å²) < 4.78 is 13.4. The maximum absolute atomic E-state index is 13.9. The van der Waals surface area contributed by atoms with Gasteiger partial charge in [-0.15, -0.1) is 11.3 Å². The average molecular weight is 509 g/mol. The maximum Gasteiger partial charge on any atom is 0.274 e. The summed E-state index contributed by atoms with van der Waals surface area (Å²) in [5.41, 5.74) is 3.57. The molecule has 3 aromatic rings. The Balaban J connectivity index is 1.67. The molecule has 1 saturated heterocycles. The second-order valence-corrected chi connectivity index (χ2v) is 11.1. The predicted molar refractivity (Wildman–Crippen MR) is 140 cm³/mol. The van der Waals surface area contributed by atoms with Gasteiger partial charge in [0, 0.05) is 12.5 Å². The van der Waals surface area contributed by atoms with E-state index in [9.17, 15) is 9.59 Å². The van der Waals surface area contributed by atoms with E-state index in [1.165, 1.54) is 0 Å². The monoisotopic (exact) mass is 508 g/mol. The van der Waals surface area contributed by atoms with E-state index < -0.39 is 5.54 Å². The van der Waals surface area contributed by atoms with Gasteiger partial charge < -0.3 is 19.7 Å². The van der Waals surface area contributed by atoms with Gasteiger partial charge in [0.2, 0.25) is 5.91 Å². The number of carbonyl (C=O) groups is 2. The zero-order valence-corrected chi connectivity index (χ0v) is 22.2. The van der Waals surface area contributed by atoms with Crippen molar-refractivity contribution < 1.29 is 19.1 Å². The van der Waals surface area contributed by atoms with Gasteiger partial charge >= 0.3 is 0 Å². The van der Waals surface area contributed by atoms with E-state index in [0.717, 1.165) is 34.1 Å². The number of thiophene rings is 1. The lowest BCUT2D eigenvalue weighted by Crippen LogP contribution is -2.55. The van der Waals surface area contributed by atoms with E-state index >= 15 is 0 Å². The Morgan fingerprint density at radius 3 is 2.72 bits per heavy atom. The minimum atomic E-state index is -0.414. The molecule has 1 N–H and O–H groups in total. The number of fused-ring (bicyclic) bond motifs is 3. The summed E-state index contributed by atoms with van der Waals surface area (Å²) in [5, 5.41) is 5.01. The van der Waals surface area contributed by atoms with Crippen molar-refractivity contribution in [3.63, 3.8) is 0 Å². The summed E-state index contributed by atoms with van der Waals surface area (Å²) in [4.78, 5) is 34.2. The minimum Gasteiger partial charge on any atom is -0.495 e. The smallest absolute Gasteiger partial charge is 0.274 e. The van der Waals surface area contributed by atoms with Crippen LogP contribution in [0, 0.1) is 5.92 Å². The molecule has 0 spiro atoms. The molecule has 2 aromatic heterocycles. The molecule has 0 unspecified atom stereocenters. The molecule has 8 nitrogen and oxygen atoms in total. The number of aromatic nitrogens is 2. The van der Waals surface area contributed by atoms with E-state index in [4.69, 9.17) is 14.5 Å². The molecule has 0 bridgehead atoms. The van der Waals surface area contributed by atoms with E-state index in [2.05, 4.69) is 9.88 Å². The molecule has 9 heteroatoms. The number of aryl methyl sites for hydroxylation is 1. The number of amides is 2. The van der Waals surface area contributed by atoms with Crippen LogP contribution >= 0.6 is 11.3 Å². The highest BCUT2D eigenvalue weighted by atomic mass is 32.1. The van der Waals surface area contributed by atoms with E-state index in [0.29, 0.717) is 43.3 Å². The number of hydrogen-bond acceptors (Lipinski definition) is 6. The van der Waals surface area contributed by atoms with Crippen LogP contribution in [0.25, 0.3) is 16.4 Å². The van der Waals surface area contributed by atoms with Crippen molar-refractivity contribution in [1.82, 2.24) is 14.5 Å². The Labute approximate surface area is 215 Å². The Bertz CT molecular complexity index is 1310. The minimum absolute atomic E-state index is 0.0693. The molecule has 190 valence electrons. The lowest BCUT2D eigenvalue weighted by Gasteiger charge is -2.41. The summed E-state index contributed by atoms with van der Waals surface area (Å²) in [6, 6.07) is 7.94. The molecule has 4 heterocycles. The third-order valence-electron chi connectivity index (χ3n) is 6.86. The zero-order chi connectivity index (χ0) is 25.6. The predicted octanol–water partition coefficient (Wildman–Crippen LogP) is 4.55. The quantitative estimate of drug-likeness (QED) is 0.546. The molecular formula is C27H32N4O4S. The highest BCUT2D eigenvalue weighted by Crippen LogP contribution is 2.40. The van der Waals surface area contributed by atoms with Gasteiger partial charge in [-0.1, -0.05) is 19.9 Å². The molecule has 0 atom stereocenters. The first kappa shape index (κ1) is 24.5. The molecule has 36 heavy (non-hydrogen) atoms. The summed E-state index contributed by atoms with van der Waals surface area (Å²) in [6.07, 6.45) is 1.42. The van der Waals surface area contributed by atoms with Crippen LogP contribution in [0.2, 0.25) is 0 Å². The van der Waals surface area contributed by atoms with Crippen molar-refractivity contribution in [2.75, 3.05) is 32.2 Å². The lowest BCUT2D eigenvalue weighted by atomic mass is 9.97. The van der Waals surface area contributed by atoms with Crippen molar-refractivity contribution >= 4 is 28.8 Å². The van der Waals surface area contributed by atoms with Crippen LogP contribution in [0.5, 0.6) is 5.75 Å². The largest absolute Gasteiger partial charge is 0.495 e. The van der Waals surface area contributed by atoms with Crippen LogP contribution in [0.1, 0.15) is 49.4 Å². The van der Waals surface area contributed by atoms with Gasteiger partial charge in [-0.25, -0.2) is 4.98 Å². The van der Waals surface area contributed by atoms with Crippen molar-refractivity contribution in [3.05, 3.63) is 46.6 Å². The number of rotatable bonds is 5. The van der Waals surface area contributed by atoms with Crippen LogP contribution in [-0.4, -0.2) is 58.7 Å². The number of benzene rings is 1. The van der Waals surface area contributed by atoms with Crippen molar-refractivity contribution in [2.45, 2.75) is 46.1 Å². The maximum atomic E-state index is 13.9. The van der Waals surface area contributed by atoms with Crippen LogP contribution < -0.4 is 10.1 Å². The van der Waals surface area contributed by atoms with Crippen LogP contribution in [0.3, 0.4) is 0 Å². The Morgan fingerprint density at radius 1 is 1.25 bits per heavy atom. The van der Waals surface area contributed by atoms with E-state index in [-0.39, 0.29) is 17.7 Å². The third kappa shape index (κ3) is 4.20. The Morgan fingerprint density at radius 2 is 2.06 bits per heavy atom. The number of nitrogens with one attached hydrogen (secondary N) is 1. The number of morpholine rings is 1. The standard InChI is InChI=1S/C27H32N4O4S/c1-16(2)25(32)28-18-14-20-17(13-21(18)34-5)8-9-19-23(26(33)30-10-11-35-15-27(30,3)4)29-24(31(19)20)22-7-6-12-36-22/h6-7,12-14,16H,8-11,15H2,1-5H3,(H,28,32). The summed E-state index contributed by atoms with van der Waals surface area (Å²) >= 11 is 1.59. The third-order valence-corrected chi connectivity index (χ3v) is 7.73. The second-order valence-electron chi connectivity index (χ2n) is 10.2. The number of anilines is 1. The fourth-order valence-corrected chi connectivity index (χ4v) is 5.57. The van der Waals surface area contributed by atoms with Crippen LogP contribution in [0.15, 0.2) is 29.6 Å². The molecule has 2 aliphatic heterocycles. The number of ether oxygens (including phenoxy) is 2. The molecule has 2 amide bonds. The molecule has 0 aliphatic carbocycles. The number of methoxy groups -OCH3 is 1. The molecule has 1 aromatic carbocycles. The molecule has 0 saturated carbocycles. The highest BCUT2D eigenvalue weighted by molar-refractivity contribution is 7.13. The molecule has 1 fully saturated rings. The Kier molecular flexibility index (Phi) is 6.38. The first-order valence-electron chi connectivity index (χ1n) is 12.3. The second kappa shape index (κ2) is 9.37. The zero-order valence-electron chi connectivity index (χ0n) is 21.4. The molecule has 2 aliphatic rings. The van der Waals surface area contributed by atoms with Gasteiger partial charge in [0.15, 0.2) is 11.5 Å². The van der Waals surface area contributed by atoms with E-state index in [1.54, 1.807) is 18.4 Å².